The third kappa shape index (κ3) is 6.27. The van der Waals surface area contributed by atoms with Crippen molar-refractivity contribution in [3.63, 3.8) is 0 Å². The quantitative estimate of drug-likeness (QED) is 0.119. The maximum Gasteiger partial charge on any atom is 0.335 e. The number of anilines is 3. The molecular weight excluding hydrogens is 618 g/mol. The summed E-state index contributed by atoms with van der Waals surface area (Å²) in [6.45, 7) is 1.57. The number of rotatable bonds is 10. The van der Waals surface area contributed by atoms with Crippen molar-refractivity contribution in [1.29, 1.82) is 5.26 Å². The van der Waals surface area contributed by atoms with E-state index < -0.39 is 23.9 Å². The second-order valence-electron chi connectivity index (χ2n) is 9.53. The SMILES string of the molecule is Cc1nn(-c2ccc(Nc3cc(C(=O)O)cc(C(=O)O)c3)nn2)c(N)c1N=Nc1c(C#N)cnn1-c1cc(C(=O)O)cc(C(=O)O)c1. The van der Waals surface area contributed by atoms with Gasteiger partial charge in [-0.1, -0.05) is 0 Å². The zero-order valence-electron chi connectivity index (χ0n) is 23.7. The van der Waals surface area contributed by atoms with E-state index in [4.69, 9.17) is 5.73 Å². The van der Waals surface area contributed by atoms with Crippen molar-refractivity contribution in [3.8, 4) is 17.6 Å². The molecule has 0 aliphatic carbocycles. The molecule has 3 heterocycles. The molecule has 5 rings (SSSR count). The number of nitrogens with two attached hydrogens (primary N) is 1. The molecule has 0 aliphatic rings. The van der Waals surface area contributed by atoms with E-state index in [0.29, 0.717) is 0 Å². The summed E-state index contributed by atoms with van der Waals surface area (Å²) < 4.78 is 2.26. The van der Waals surface area contributed by atoms with Crippen LogP contribution in [0.25, 0.3) is 11.5 Å². The molecule has 5 aromatic rings. The Kier molecular flexibility index (Phi) is 8.07. The lowest BCUT2D eigenvalue weighted by Crippen LogP contribution is -2.07. The Labute approximate surface area is 261 Å². The number of aryl methyl sites for hydroxylation is 1. The molecule has 0 fully saturated rings. The monoisotopic (exact) mass is 637 g/mol. The molecule has 0 atom stereocenters. The first kappa shape index (κ1) is 31.0. The molecule has 3 aromatic heterocycles. The Morgan fingerprint density at radius 1 is 0.830 bits per heavy atom. The van der Waals surface area contributed by atoms with Crippen molar-refractivity contribution in [3.05, 3.63) is 88.2 Å². The number of benzene rings is 2. The number of aromatic nitrogens is 6. The van der Waals surface area contributed by atoms with Gasteiger partial charge in [-0.05, 0) is 55.5 Å². The first-order valence-electron chi connectivity index (χ1n) is 13.0. The summed E-state index contributed by atoms with van der Waals surface area (Å²) in [5, 5.41) is 74.5. The highest BCUT2D eigenvalue weighted by molar-refractivity contribution is 5.96. The molecule has 0 bridgehead atoms. The Bertz CT molecular complexity index is 2110. The number of hydrogen-bond donors (Lipinski definition) is 6. The van der Waals surface area contributed by atoms with Gasteiger partial charge in [0, 0.05) is 5.69 Å². The van der Waals surface area contributed by atoms with Gasteiger partial charge in [-0.2, -0.15) is 20.1 Å². The summed E-state index contributed by atoms with van der Waals surface area (Å²) in [5.74, 6) is -5.30. The van der Waals surface area contributed by atoms with E-state index >= 15 is 0 Å². The molecule has 19 nitrogen and oxygen atoms in total. The number of carboxylic acid groups (broad SMARTS) is 4. The van der Waals surface area contributed by atoms with Crippen molar-refractivity contribution in [1.82, 2.24) is 29.8 Å². The maximum atomic E-state index is 11.6. The van der Waals surface area contributed by atoms with Crippen LogP contribution >= 0.6 is 0 Å². The zero-order chi connectivity index (χ0) is 34.0. The lowest BCUT2D eigenvalue weighted by atomic mass is 10.1. The fraction of sp³-hybridized carbons (Fsp3) is 0.0357. The molecule has 234 valence electrons. The Balaban J connectivity index is 1.45. The Hall–Kier alpha value is -7.49. The van der Waals surface area contributed by atoms with Crippen LogP contribution in [0.4, 0.5) is 28.8 Å². The van der Waals surface area contributed by atoms with Crippen molar-refractivity contribution in [2.24, 2.45) is 10.2 Å². The predicted molar refractivity (Wildman–Crippen MR) is 158 cm³/mol. The van der Waals surface area contributed by atoms with Crippen LogP contribution in [0.1, 0.15) is 52.7 Å². The standard InChI is InChI=1S/C28H19N11O8/c1-12-22(35-36-24-17(10-29)11-31-38(24)19-8-15(27(44)45)5-16(9-19)28(46)47)23(30)39(37-12)21-3-2-20(33-34-21)32-18-6-13(25(40)41)4-14(7-18)26(42)43/h2-9,11H,30H2,1H3,(H,32,33)(H,40,41)(H,42,43)(H,44,45)(H,46,47). The van der Waals surface area contributed by atoms with E-state index in [1.807, 2.05) is 6.07 Å². The fourth-order valence-electron chi connectivity index (χ4n) is 4.22. The number of azo groups is 1. The average molecular weight is 638 g/mol. The Morgan fingerprint density at radius 2 is 1.40 bits per heavy atom. The number of carboxylic acids is 4. The first-order valence-corrected chi connectivity index (χ1v) is 13.0. The van der Waals surface area contributed by atoms with Crippen LogP contribution in [-0.2, 0) is 0 Å². The van der Waals surface area contributed by atoms with Crippen LogP contribution in [0.2, 0.25) is 0 Å². The zero-order valence-corrected chi connectivity index (χ0v) is 23.7. The molecule has 0 saturated carbocycles. The van der Waals surface area contributed by atoms with Crippen molar-refractivity contribution in [2.45, 2.75) is 6.92 Å². The maximum absolute atomic E-state index is 11.6. The largest absolute Gasteiger partial charge is 0.478 e. The van der Waals surface area contributed by atoms with Crippen LogP contribution in [-0.4, -0.2) is 74.1 Å². The summed E-state index contributed by atoms with van der Waals surface area (Å²) >= 11 is 0. The summed E-state index contributed by atoms with van der Waals surface area (Å²) in [6, 6.07) is 11.6. The van der Waals surface area contributed by atoms with Crippen molar-refractivity contribution < 1.29 is 39.6 Å². The number of nitrogen functional groups attached to an aromatic ring is 1. The molecule has 7 N–H and O–H groups in total. The lowest BCUT2D eigenvalue weighted by molar-refractivity contribution is 0.0676. The first-order chi connectivity index (χ1) is 22.4. The highest BCUT2D eigenvalue weighted by Crippen LogP contribution is 2.32. The minimum atomic E-state index is -1.38. The second-order valence-corrected chi connectivity index (χ2v) is 9.53. The van der Waals surface area contributed by atoms with Gasteiger partial charge in [0.15, 0.2) is 29.0 Å². The summed E-state index contributed by atoms with van der Waals surface area (Å²) in [6.07, 6.45) is 1.15. The molecule has 47 heavy (non-hydrogen) atoms. The molecule has 0 saturated heterocycles. The molecular formula is C28H19N11O8. The molecule has 2 aromatic carbocycles. The Morgan fingerprint density at radius 3 is 1.91 bits per heavy atom. The van der Waals surface area contributed by atoms with E-state index in [1.165, 1.54) is 28.9 Å². The molecule has 0 unspecified atom stereocenters. The smallest absolute Gasteiger partial charge is 0.335 e. The van der Waals surface area contributed by atoms with Crippen LogP contribution < -0.4 is 11.1 Å². The van der Waals surface area contributed by atoms with Gasteiger partial charge in [-0.15, -0.1) is 20.4 Å². The number of nitrogens with zero attached hydrogens (tertiary/aromatic N) is 9. The van der Waals surface area contributed by atoms with E-state index in [9.17, 15) is 44.9 Å². The molecule has 0 radical (unpaired) electrons. The topological polar surface area (TPSA) is 297 Å². The highest BCUT2D eigenvalue weighted by Gasteiger charge is 2.20. The van der Waals surface area contributed by atoms with Crippen LogP contribution in [0.15, 0.2) is 65.0 Å². The van der Waals surface area contributed by atoms with Gasteiger partial charge >= 0.3 is 23.9 Å². The molecule has 0 spiro atoms. The van der Waals surface area contributed by atoms with Crippen LogP contribution in [0.5, 0.6) is 0 Å². The third-order valence-electron chi connectivity index (χ3n) is 6.40. The van der Waals surface area contributed by atoms with Gasteiger partial charge in [0.1, 0.15) is 11.6 Å². The van der Waals surface area contributed by atoms with Crippen molar-refractivity contribution >= 4 is 52.7 Å². The number of hydrogen-bond acceptors (Lipinski definition) is 13. The van der Waals surface area contributed by atoms with Gasteiger partial charge < -0.3 is 31.5 Å². The number of carbonyl (C=O) groups is 4. The minimum Gasteiger partial charge on any atom is -0.478 e. The van der Waals surface area contributed by atoms with Gasteiger partial charge in [0.05, 0.1) is 39.8 Å². The lowest BCUT2D eigenvalue weighted by Gasteiger charge is -2.08. The number of nitrogens with one attached hydrogen (secondary N) is 1. The second kappa shape index (κ2) is 12.2. The predicted octanol–water partition coefficient (Wildman–Crippen LogP) is 3.56. The number of aromatic carboxylic acids is 4. The summed E-state index contributed by atoms with van der Waals surface area (Å²) in [7, 11) is 0. The van der Waals surface area contributed by atoms with Crippen molar-refractivity contribution in [2.75, 3.05) is 11.1 Å². The summed E-state index contributed by atoms with van der Waals surface area (Å²) in [5.41, 5.74) is 5.56. The van der Waals surface area contributed by atoms with Gasteiger partial charge in [0.25, 0.3) is 0 Å². The normalized spacial score (nSPS) is 10.9. The van der Waals surface area contributed by atoms with E-state index in [1.54, 1.807) is 6.92 Å². The molecule has 0 amide bonds. The summed E-state index contributed by atoms with van der Waals surface area (Å²) in [4.78, 5) is 46.0. The number of nitriles is 1. The van der Waals surface area contributed by atoms with Gasteiger partial charge in [-0.25, -0.2) is 23.9 Å². The van der Waals surface area contributed by atoms with E-state index in [2.05, 4.69) is 35.9 Å². The molecule has 0 aliphatic heterocycles. The average Bonchev–Trinajstić information content (AvgIpc) is 3.58. The van der Waals surface area contributed by atoms with E-state index in [-0.39, 0.29) is 73.8 Å². The van der Waals surface area contributed by atoms with E-state index in [0.717, 1.165) is 35.1 Å². The van der Waals surface area contributed by atoms with Crippen LogP contribution in [0, 0.1) is 18.3 Å². The van der Waals surface area contributed by atoms with Crippen LogP contribution in [0.3, 0.4) is 0 Å². The fourth-order valence-corrected chi connectivity index (χ4v) is 4.22. The highest BCUT2D eigenvalue weighted by atomic mass is 16.4. The third-order valence-corrected chi connectivity index (χ3v) is 6.40. The van der Waals surface area contributed by atoms with Gasteiger partial charge in [0.2, 0.25) is 0 Å². The van der Waals surface area contributed by atoms with Gasteiger partial charge in [-0.3, -0.25) is 0 Å². The molecule has 19 heteroatoms. The minimum absolute atomic E-state index is 0.00372.